The predicted molar refractivity (Wildman–Crippen MR) is 107 cm³/mol. The van der Waals surface area contributed by atoms with E-state index in [1.54, 1.807) is 18.6 Å². The molecule has 2 N–H and O–H groups in total. The van der Waals surface area contributed by atoms with Gasteiger partial charge in [-0.1, -0.05) is 6.07 Å². The van der Waals surface area contributed by atoms with Crippen LogP contribution in [0.3, 0.4) is 0 Å². The first-order valence-electron chi connectivity index (χ1n) is 9.55. The Kier molecular flexibility index (Phi) is 4.61. The van der Waals surface area contributed by atoms with Crippen molar-refractivity contribution in [1.29, 1.82) is 0 Å². The summed E-state index contributed by atoms with van der Waals surface area (Å²) in [5.74, 6) is 0.112. The zero-order valence-electron chi connectivity index (χ0n) is 15.6. The van der Waals surface area contributed by atoms with Crippen LogP contribution in [0.4, 0.5) is 4.39 Å². The molecule has 0 bridgehead atoms. The highest BCUT2D eigenvalue weighted by molar-refractivity contribution is 5.94. The third kappa shape index (κ3) is 3.66. The van der Waals surface area contributed by atoms with Crippen LogP contribution in [0.25, 0.3) is 33.4 Å². The van der Waals surface area contributed by atoms with Crippen LogP contribution in [0.1, 0.15) is 12.8 Å². The first-order chi connectivity index (χ1) is 14.3. The number of hydrogen-bond acceptors (Lipinski definition) is 6. The highest BCUT2D eigenvalue weighted by atomic mass is 19.1. The van der Waals surface area contributed by atoms with Crippen LogP contribution < -0.4 is 10.1 Å². The quantitative estimate of drug-likeness (QED) is 0.556. The summed E-state index contributed by atoms with van der Waals surface area (Å²) >= 11 is 0. The van der Waals surface area contributed by atoms with Crippen LogP contribution in [0.2, 0.25) is 0 Å². The fourth-order valence-electron chi connectivity index (χ4n) is 3.57. The van der Waals surface area contributed by atoms with E-state index in [1.165, 1.54) is 12.3 Å². The van der Waals surface area contributed by atoms with Crippen molar-refractivity contribution < 1.29 is 9.13 Å². The van der Waals surface area contributed by atoms with E-state index in [1.807, 2.05) is 18.2 Å². The average molecular weight is 390 g/mol. The van der Waals surface area contributed by atoms with Crippen LogP contribution in [-0.2, 0) is 0 Å². The molecule has 0 spiro atoms. The van der Waals surface area contributed by atoms with Gasteiger partial charge in [0, 0.05) is 23.7 Å². The van der Waals surface area contributed by atoms with E-state index in [9.17, 15) is 4.39 Å². The highest BCUT2D eigenvalue weighted by Gasteiger charge is 2.17. The average Bonchev–Trinajstić information content (AvgIpc) is 3.18. The number of nitrogens with zero attached hydrogens (tertiary/aromatic N) is 4. The van der Waals surface area contributed by atoms with E-state index in [2.05, 4.69) is 30.5 Å². The second-order valence-electron chi connectivity index (χ2n) is 7.05. The van der Waals surface area contributed by atoms with Gasteiger partial charge in [0.2, 0.25) is 5.88 Å². The van der Waals surface area contributed by atoms with Gasteiger partial charge in [-0.05, 0) is 43.1 Å². The number of rotatable bonds is 4. The largest absolute Gasteiger partial charge is 0.472 e. The first-order valence-corrected chi connectivity index (χ1v) is 9.55. The van der Waals surface area contributed by atoms with Gasteiger partial charge in [-0.25, -0.2) is 9.37 Å². The molecule has 0 radical (unpaired) electrons. The Balaban J connectivity index is 1.50. The molecule has 1 aliphatic rings. The number of ether oxygens (including phenoxy) is 1. The summed E-state index contributed by atoms with van der Waals surface area (Å²) in [6.07, 6.45) is 8.28. The smallest absolute Gasteiger partial charge is 0.233 e. The van der Waals surface area contributed by atoms with Gasteiger partial charge in [-0.3, -0.25) is 15.1 Å². The molecule has 4 aromatic rings. The van der Waals surface area contributed by atoms with Crippen molar-refractivity contribution in [2.75, 3.05) is 13.1 Å². The van der Waals surface area contributed by atoms with Crippen molar-refractivity contribution >= 4 is 10.9 Å². The molecule has 3 aromatic heterocycles. The lowest BCUT2D eigenvalue weighted by molar-refractivity contribution is 0.160. The van der Waals surface area contributed by atoms with Crippen molar-refractivity contribution in [2.45, 2.75) is 18.9 Å². The van der Waals surface area contributed by atoms with Crippen LogP contribution in [0.5, 0.6) is 5.88 Å². The molecule has 1 aliphatic heterocycles. The Labute approximate surface area is 166 Å². The number of piperidine rings is 1. The number of H-pyrrole nitrogens is 1. The molecule has 0 aliphatic carbocycles. The molecule has 29 heavy (non-hydrogen) atoms. The third-order valence-corrected chi connectivity index (χ3v) is 5.00. The number of aromatic nitrogens is 5. The van der Waals surface area contributed by atoms with Crippen molar-refractivity contribution in [3.8, 4) is 28.4 Å². The lowest BCUT2D eigenvalue weighted by atomic mass is 10.0. The molecular formula is C21H19FN6O. The third-order valence-electron chi connectivity index (χ3n) is 5.00. The summed E-state index contributed by atoms with van der Waals surface area (Å²) in [5.41, 5.74) is 3.70. The number of benzene rings is 1. The van der Waals surface area contributed by atoms with E-state index in [-0.39, 0.29) is 11.9 Å². The molecule has 1 unspecified atom stereocenters. The van der Waals surface area contributed by atoms with Crippen LogP contribution in [-0.4, -0.2) is 44.3 Å². The number of pyridine rings is 1. The Morgan fingerprint density at radius 1 is 1.03 bits per heavy atom. The molecule has 5 rings (SSSR count). The van der Waals surface area contributed by atoms with E-state index in [0.29, 0.717) is 22.8 Å². The summed E-state index contributed by atoms with van der Waals surface area (Å²) in [6.45, 7) is 1.83. The molecule has 1 fully saturated rings. The zero-order valence-corrected chi connectivity index (χ0v) is 15.6. The summed E-state index contributed by atoms with van der Waals surface area (Å²) in [6, 6.07) is 7.22. The molecule has 0 saturated carbocycles. The minimum atomic E-state index is -0.372. The van der Waals surface area contributed by atoms with E-state index >= 15 is 0 Å². The fraction of sp³-hybridized carbons (Fsp3) is 0.238. The Morgan fingerprint density at radius 2 is 1.97 bits per heavy atom. The second kappa shape index (κ2) is 7.56. The predicted octanol–water partition coefficient (Wildman–Crippen LogP) is 3.35. The monoisotopic (exact) mass is 390 g/mol. The normalized spacial score (nSPS) is 16.8. The van der Waals surface area contributed by atoms with Gasteiger partial charge in [0.05, 0.1) is 24.1 Å². The Hall–Kier alpha value is -3.39. The molecule has 1 saturated heterocycles. The number of aromatic amines is 1. The minimum Gasteiger partial charge on any atom is -0.472 e. The number of nitrogens with one attached hydrogen (secondary N) is 2. The van der Waals surface area contributed by atoms with Crippen molar-refractivity contribution in [3.05, 3.63) is 54.9 Å². The molecular weight excluding hydrogens is 371 g/mol. The lowest BCUT2D eigenvalue weighted by Crippen LogP contribution is -2.37. The van der Waals surface area contributed by atoms with Gasteiger partial charge in [0.15, 0.2) is 0 Å². The summed E-state index contributed by atoms with van der Waals surface area (Å²) in [5, 5.41) is 11.6. The van der Waals surface area contributed by atoms with Gasteiger partial charge < -0.3 is 10.1 Å². The summed E-state index contributed by atoms with van der Waals surface area (Å²) in [7, 11) is 0. The maximum atomic E-state index is 13.6. The van der Waals surface area contributed by atoms with Gasteiger partial charge in [0.1, 0.15) is 23.3 Å². The highest BCUT2D eigenvalue weighted by Crippen LogP contribution is 2.30. The van der Waals surface area contributed by atoms with E-state index in [0.717, 1.165) is 42.4 Å². The van der Waals surface area contributed by atoms with Crippen LogP contribution in [0, 0.1) is 5.82 Å². The maximum Gasteiger partial charge on any atom is 0.233 e. The minimum absolute atomic E-state index is 0.0938. The molecule has 0 amide bonds. The first kappa shape index (κ1) is 17.7. The van der Waals surface area contributed by atoms with E-state index in [4.69, 9.17) is 4.74 Å². The van der Waals surface area contributed by atoms with Crippen LogP contribution >= 0.6 is 0 Å². The van der Waals surface area contributed by atoms with Crippen molar-refractivity contribution in [2.24, 2.45) is 0 Å². The van der Waals surface area contributed by atoms with Gasteiger partial charge in [0.25, 0.3) is 0 Å². The molecule has 1 atom stereocenters. The second-order valence-corrected chi connectivity index (χ2v) is 7.05. The van der Waals surface area contributed by atoms with Crippen LogP contribution in [0.15, 0.2) is 49.1 Å². The lowest BCUT2D eigenvalue weighted by Gasteiger charge is -2.23. The number of halogens is 1. The fourth-order valence-corrected chi connectivity index (χ4v) is 3.57. The van der Waals surface area contributed by atoms with Crippen molar-refractivity contribution in [1.82, 2.24) is 30.5 Å². The number of hydrogen-bond donors (Lipinski definition) is 2. The number of fused-ring (bicyclic) bond motifs is 1. The standard InChI is InChI=1S/C21H19FN6O/c22-15-6-14(8-24-9-15)13-3-4-18-17(7-13)21(28-27-18)19-11-25-12-20(26-19)29-16-2-1-5-23-10-16/h3-4,6-9,11-12,16,23H,1-2,5,10H2,(H,27,28). The molecule has 1 aromatic carbocycles. The SMILES string of the molecule is Fc1cncc(-c2ccc3[nH]nc(-c4cncc(OC5CCCNC5)n4)c3c2)c1. The molecule has 4 heterocycles. The molecule has 146 valence electrons. The molecule has 8 heteroatoms. The maximum absolute atomic E-state index is 13.6. The summed E-state index contributed by atoms with van der Waals surface area (Å²) < 4.78 is 19.6. The Morgan fingerprint density at radius 3 is 2.83 bits per heavy atom. The van der Waals surface area contributed by atoms with Crippen molar-refractivity contribution in [3.63, 3.8) is 0 Å². The summed E-state index contributed by atoms with van der Waals surface area (Å²) in [4.78, 5) is 12.8. The van der Waals surface area contributed by atoms with Gasteiger partial charge in [-0.2, -0.15) is 5.10 Å². The topological polar surface area (TPSA) is 88.6 Å². The zero-order chi connectivity index (χ0) is 19.6. The Bertz CT molecular complexity index is 1150. The van der Waals surface area contributed by atoms with E-state index < -0.39 is 0 Å². The molecule has 7 nitrogen and oxygen atoms in total. The van der Waals surface area contributed by atoms with Gasteiger partial charge in [-0.15, -0.1) is 0 Å². The van der Waals surface area contributed by atoms with Gasteiger partial charge >= 0.3 is 0 Å².